The van der Waals surface area contributed by atoms with Crippen molar-refractivity contribution in [1.82, 2.24) is 15.1 Å². The fraction of sp³-hybridized carbons (Fsp3) is 0.625. The van der Waals surface area contributed by atoms with Gasteiger partial charge in [0.25, 0.3) is 5.91 Å². The summed E-state index contributed by atoms with van der Waals surface area (Å²) in [7, 11) is 1.18. The number of piperidine rings is 1. The minimum atomic E-state index is -1.25. The molecule has 2 unspecified atom stereocenters. The quantitative estimate of drug-likeness (QED) is 0.519. The number of urea groups is 1. The van der Waals surface area contributed by atoms with Gasteiger partial charge in [0.1, 0.15) is 6.29 Å². The third kappa shape index (κ3) is 5.11. The fourth-order valence-corrected chi connectivity index (χ4v) is 2.43. The number of rotatable bonds is 6. The van der Waals surface area contributed by atoms with E-state index in [4.69, 9.17) is 0 Å². The molecule has 0 aromatic rings. The third-order valence-corrected chi connectivity index (χ3v) is 4.05. The van der Waals surface area contributed by atoms with Crippen molar-refractivity contribution in [2.45, 2.75) is 39.2 Å². The molecule has 0 spiro atoms. The highest BCUT2D eigenvalue weighted by Crippen LogP contribution is 2.18. The van der Waals surface area contributed by atoms with Gasteiger partial charge < -0.3 is 14.8 Å². The molecule has 0 bridgehead atoms. The number of hydrogen-bond donors (Lipinski definition) is 1. The molecule has 144 valence electrons. The molecule has 1 aliphatic rings. The number of ether oxygens (including phenoxy) is 1. The van der Waals surface area contributed by atoms with E-state index >= 15 is 0 Å². The summed E-state index contributed by atoms with van der Waals surface area (Å²) in [6.07, 6.45) is -0.190. The molecule has 2 atom stereocenters. The van der Waals surface area contributed by atoms with E-state index in [2.05, 4.69) is 10.1 Å². The number of nitrogens with one attached hydrogen (secondary N) is 1. The monoisotopic (exact) mass is 369 g/mol. The molecule has 10 heteroatoms. The zero-order valence-electron chi connectivity index (χ0n) is 15.0. The van der Waals surface area contributed by atoms with E-state index in [-0.39, 0.29) is 13.2 Å². The van der Waals surface area contributed by atoms with Gasteiger partial charge in [-0.05, 0) is 19.8 Å². The molecule has 0 radical (unpaired) electrons. The minimum Gasteiger partial charge on any atom is -0.449 e. The molecule has 1 aliphatic heterocycles. The molecule has 1 rings (SSSR count). The van der Waals surface area contributed by atoms with E-state index < -0.39 is 48.1 Å². The number of Topliss-reactive ketones (excluding diaryl/α,β-unsaturated/α-hetero) is 1. The Hall–Kier alpha value is -2.78. The highest BCUT2D eigenvalue weighted by molar-refractivity contribution is 6.39. The first-order chi connectivity index (χ1) is 12.3. The van der Waals surface area contributed by atoms with Gasteiger partial charge >= 0.3 is 12.1 Å². The summed E-state index contributed by atoms with van der Waals surface area (Å²) in [5, 5.41) is 2.22. The van der Waals surface area contributed by atoms with Crippen molar-refractivity contribution in [3.63, 3.8) is 0 Å². The van der Waals surface area contributed by atoms with Crippen molar-refractivity contribution in [3.05, 3.63) is 0 Å². The molecule has 26 heavy (non-hydrogen) atoms. The first-order valence-electron chi connectivity index (χ1n) is 8.31. The first-order valence-corrected chi connectivity index (χ1v) is 8.31. The molecule has 1 saturated heterocycles. The van der Waals surface area contributed by atoms with Crippen LogP contribution in [0.4, 0.5) is 9.59 Å². The summed E-state index contributed by atoms with van der Waals surface area (Å²) in [5.74, 6) is -2.73. The summed E-state index contributed by atoms with van der Waals surface area (Å²) < 4.78 is 4.66. The predicted molar refractivity (Wildman–Crippen MR) is 87.9 cm³/mol. The van der Waals surface area contributed by atoms with Crippen molar-refractivity contribution in [2.24, 2.45) is 5.92 Å². The lowest BCUT2D eigenvalue weighted by Crippen LogP contribution is -2.55. The maximum atomic E-state index is 12.2. The Morgan fingerprint density at radius 3 is 2.54 bits per heavy atom. The van der Waals surface area contributed by atoms with Crippen molar-refractivity contribution < 1.29 is 33.5 Å². The summed E-state index contributed by atoms with van der Waals surface area (Å²) in [5.41, 5.74) is 0. The summed E-state index contributed by atoms with van der Waals surface area (Å²) >= 11 is 0. The second kappa shape index (κ2) is 9.64. The van der Waals surface area contributed by atoms with Gasteiger partial charge in [0.2, 0.25) is 11.7 Å². The minimum absolute atomic E-state index is 0.0527. The Bertz CT molecular complexity index is 605. The lowest BCUT2D eigenvalue weighted by atomic mass is 9.92. The van der Waals surface area contributed by atoms with Gasteiger partial charge in [-0.2, -0.15) is 0 Å². The van der Waals surface area contributed by atoms with Gasteiger partial charge in [0.15, 0.2) is 0 Å². The number of amides is 5. The lowest BCUT2D eigenvalue weighted by Gasteiger charge is -2.29. The van der Waals surface area contributed by atoms with Crippen molar-refractivity contribution in [1.29, 1.82) is 0 Å². The molecule has 5 amide bonds. The van der Waals surface area contributed by atoms with Crippen LogP contribution in [0.15, 0.2) is 0 Å². The van der Waals surface area contributed by atoms with E-state index in [0.29, 0.717) is 24.0 Å². The average molecular weight is 369 g/mol. The summed E-state index contributed by atoms with van der Waals surface area (Å²) in [4.78, 5) is 72.0. The number of ketones is 1. The van der Waals surface area contributed by atoms with Gasteiger partial charge in [-0.1, -0.05) is 6.92 Å². The number of carbonyl (C=O) groups is 6. The molecule has 10 nitrogen and oxygen atoms in total. The molecular weight excluding hydrogens is 346 g/mol. The van der Waals surface area contributed by atoms with Crippen LogP contribution in [0.2, 0.25) is 0 Å². The first kappa shape index (κ1) is 21.3. The average Bonchev–Trinajstić information content (AvgIpc) is 2.62. The largest absolute Gasteiger partial charge is 0.449 e. The topological polar surface area (TPSA) is 130 Å². The number of hydrogen-bond acceptors (Lipinski definition) is 7. The predicted octanol–water partition coefficient (Wildman–Crippen LogP) is 0.0961. The molecule has 1 fully saturated rings. The Kier molecular flexibility index (Phi) is 7.88. The lowest BCUT2D eigenvalue weighted by molar-refractivity contribution is -0.147. The zero-order valence-corrected chi connectivity index (χ0v) is 15.0. The molecule has 0 aliphatic carbocycles. The van der Waals surface area contributed by atoms with Gasteiger partial charge in [0, 0.05) is 19.5 Å². The molecule has 1 N–H and O–H groups in total. The number of aldehydes is 1. The summed E-state index contributed by atoms with van der Waals surface area (Å²) in [6.45, 7) is 3.48. The highest BCUT2D eigenvalue weighted by Gasteiger charge is 2.37. The SMILES string of the molecule is CCOC(=O)N(C)C(=O)CC(C=O)NC(=O)N1CCC(CC)C(=O)C1=O. The van der Waals surface area contributed by atoms with Crippen LogP contribution in [0.1, 0.15) is 33.1 Å². The van der Waals surface area contributed by atoms with Crippen LogP contribution in [0.5, 0.6) is 0 Å². The van der Waals surface area contributed by atoms with Gasteiger partial charge in [0.05, 0.1) is 19.1 Å². The highest BCUT2D eigenvalue weighted by atomic mass is 16.6. The normalized spacial score (nSPS) is 18.1. The summed E-state index contributed by atoms with van der Waals surface area (Å²) in [6, 6.07) is -2.18. The maximum Gasteiger partial charge on any atom is 0.416 e. The number of nitrogens with zero attached hydrogens (tertiary/aromatic N) is 2. The number of imide groups is 2. The van der Waals surface area contributed by atoms with E-state index in [0.717, 1.165) is 4.90 Å². The van der Waals surface area contributed by atoms with Crippen LogP contribution in [-0.4, -0.2) is 72.0 Å². The van der Waals surface area contributed by atoms with E-state index in [1.165, 1.54) is 7.05 Å². The van der Waals surface area contributed by atoms with Crippen molar-refractivity contribution in [2.75, 3.05) is 20.2 Å². The van der Waals surface area contributed by atoms with E-state index in [9.17, 15) is 28.8 Å². The maximum absolute atomic E-state index is 12.2. The Morgan fingerprint density at radius 1 is 1.35 bits per heavy atom. The standard InChI is InChI=1S/C16H23N3O7/c1-4-10-6-7-19(14(23)13(10)22)15(24)17-11(9-20)8-12(21)18(3)16(25)26-5-2/h9-11H,4-8H2,1-3H3,(H,17,24). The molecule has 0 aromatic carbocycles. The Labute approximate surface area is 150 Å². The van der Waals surface area contributed by atoms with Crippen LogP contribution in [0.25, 0.3) is 0 Å². The third-order valence-electron chi connectivity index (χ3n) is 4.05. The van der Waals surface area contributed by atoms with E-state index in [1.807, 2.05) is 0 Å². The second-order valence-electron chi connectivity index (χ2n) is 5.76. The van der Waals surface area contributed by atoms with Gasteiger partial charge in [-0.25, -0.2) is 9.59 Å². The zero-order chi connectivity index (χ0) is 19.9. The van der Waals surface area contributed by atoms with Crippen molar-refractivity contribution >= 4 is 36.0 Å². The van der Waals surface area contributed by atoms with Crippen LogP contribution >= 0.6 is 0 Å². The fourth-order valence-electron chi connectivity index (χ4n) is 2.43. The van der Waals surface area contributed by atoms with Crippen molar-refractivity contribution in [3.8, 4) is 0 Å². The number of likely N-dealkylation sites (tertiary alicyclic amines) is 1. The molecule has 1 heterocycles. The van der Waals surface area contributed by atoms with Gasteiger partial charge in [-0.3, -0.25) is 24.2 Å². The number of carbonyl (C=O) groups excluding carboxylic acids is 6. The molecule has 0 aromatic heterocycles. The smallest absolute Gasteiger partial charge is 0.416 e. The van der Waals surface area contributed by atoms with E-state index in [1.54, 1.807) is 13.8 Å². The molecular formula is C16H23N3O7. The molecule has 0 saturated carbocycles. The van der Waals surface area contributed by atoms with Crippen LogP contribution < -0.4 is 5.32 Å². The second-order valence-corrected chi connectivity index (χ2v) is 5.76. The van der Waals surface area contributed by atoms with Crippen LogP contribution in [0, 0.1) is 5.92 Å². The Morgan fingerprint density at radius 2 is 2.00 bits per heavy atom. The van der Waals surface area contributed by atoms with Crippen LogP contribution in [0.3, 0.4) is 0 Å². The Balaban J connectivity index is 2.67. The van der Waals surface area contributed by atoms with Crippen LogP contribution in [-0.2, 0) is 23.9 Å². The van der Waals surface area contributed by atoms with Gasteiger partial charge in [-0.15, -0.1) is 0 Å².